The fourth-order valence-corrected chi connectivity index (χ4v) is 3.65. The number of aryl methyl sites for hydroxylation is 2. The van der Waals surface area contributed by atoms with Crippen molar-refractivity contribution in [1.82, 2.24) is 24.6 Å². The monoisotopic (exact) mass is 383 g/mol. The van der Waals surface area contributed by atoms with Crippen LogP contribution in [0.2, 0.25) is 0 Å². The van der Waals surface area contributed by atoms with Crippen LogP contribution >= 0.6 is 0 Å². The maximum atomic E-state index is 12.9. The molecule has 0 N–H and O–H groups in total. The first kappa shape index (κ1) is 17.2. The lowest BCUT2D eigenvalue weighted by atomic mass is 10.0. The third kappa shape index (κ3) is 2.40. The van der Waals surface area contributed by atoms with Gasteiger partial charge in [0, 0.05) is 31.2 Å². The molecule has 4 heterocycles. The van der Waals surface area contributed by atoms with E-state index in [9.17, 15) is 9.59 Å². The van der Waals surface area contributed by atoms with Gasteiger partial charge in [-0.05, 0) is 49.2 Å². The van der Waals surface area contributed by atoms with Crippen molar-refractivity contribution in [2.45, 2.75) is 13.8 Å². The number of carbonyl (C=O) groups excluding carboxylic acids is 2. The molecule has 3 aromatic heterocycles. The van der Waals surface area contributed by atoms with Gasteiger partial charge in [-0.2, -0.15) is 5.10 Å². The van der Waals surface area contributed by atoms with Crippen molar-refractivity contribution in [3.8, 4) is 16.9 Å². The summed E-state index contributed by atoms with van der Waals surface area (Å²) in [6.45, 7) is 4.08. The van der Waals surface area contributed by atoms with Gasteiger partial charge < -0.3 is 0 Å². The van der Waals surface area contributed by atoms with Gasteiger partial charge >= 0.3 is 0 Å². The van der Waals surface area contributed by atoms with Crippen LogP contribution in [0.1, 0.15) is 31.8 Å². The topological polar surface area (TPSA) is 81.0 Å². The van der Waals surface area contributed by atoms with E-state index in [1.54, 1.807) is 17.1 Å². The molecule has 0 aliphatic carbocycles. The molecule has 0 bridgehead atoms. The lowest BCUT2D eigenvalue weighted by Crippen LogP contribution is -2.24. The largest absolute Gasteiger partial charge is 0.277 e. The van der Waals surface area contributed by atoms with Crippen molar-refractivity contribution in [2.24, 2.45) is 0 Å². The van der Waals surface area contributed by atoms with Crippen LogP contribution in [0.3, 0.4) is 0 Å². The van der Waals surface area contributed by atoms with Crippen LogP contribution in [-0.4, -0.2) is 43.5 Å². The molecule has 29 heavy (non-hydrogen) atoms. The average molecular weight is 383 g/mol. The SMILES string of the molecule is Cc1ccc(-n2nc(-c3cccnc3)c3c4c(cnc32)C(=O)N(C)C4=O)cc1C. The van der Waals surface area contributed by atoms with Crippen molar-refractivity contribution in [2.75, 3.05) is 7.05 Å². The maximum absolute atomic E-state index is 12.9. The van der Waals surface area contributed by atoms with Crippen molar-refractivity contribution < 1.29 is 9.59 Å². The molecule has 7 nitrogen and oxygen atoms in total. The molecule has 0 fully saturated rings. The summed E-state index contributed by atoms with van der Waals surface area (Å²) < 4.78 is 1.72. The summed E-state index contributed by atoms with van der Waals surface area (Å²) in [5.74, 6) is -0.697. The van der Waals surface area contributed by atoms with Crippen molar-refractivity contribution in [3.63, 3.8) is 0 Å². The number of carbonyl (C=O) groups is 2. The van der Waals surface area contributed by atoms with Gasteiger partial charge in [0.05, 0.1) is 22.2 Å². The Balaban J connectivity index is 1.89. The Hall–Kier alpha value is -3.87. The van der Waals surface area contributed by atoms with Gasteiger partial charge in [0.1, 0.15) is 5.69 Å². The zero-order valence-corrected chi connectivity index (χ0v) is 16.2. The smallest absolute Gasteiger partial charge is 0.262 e. The first-order chi connectivity index (χ1) is 14.0. The highest BCUT2D eigenvalue weighted by Gasteiger charge is 2.37. The molecule has 0 saturated heterocycles. The molecule has 1 aromatic carbocycles. The second kappa shape index (κ2) is 6.07. The zero-order chi connectivity index (χ0) is 20.3. The van der Waals surface area contributed by atoms with Gasteiger partial charge in [0.15, 0.2) is 5.65 Å². The molecule has 142 valence electrons. The third-order valence-corrected chi connectivity index (χ3v) is 5.42. The number of hydrogen-bond donors (Lipinski definition) is 0. The van der Waals surface area contributed by atoms with Gasteiger partial charge in [0.25, 0.3) is 11.8 Å². The summed E-state index contributed by atoms with van der Waals surface area (Å²) in [6.07, 6.45) is 4.83. The lowest BCUT2D eigenvalue weighted by Gasteiger charge is -2.06. The van der Waals surface area contributed by atoms with Gasteiger partial charge in [-0.1, -0.05) is 6.07 Å². The molecule has 7 heteroatoms. The number of nitrogens with zero attached hydrogens (tertiary/aromatic N) is 5. The van der Waals surface area contributed by atoms with E-state index in [0.717, 1.165) is 21.7 Å². The number of amides is 2. The van der Waals surface area contributed by atoms with Crippen LogP contribution in [0.5, 0.6) is 0 Å². The van der Waals surface area contributed by atoms with Crippen molar-refractivity contribution in [1.29, 1.82) is 0 Å². The van der Waals surface area contributed by atoms with Crippen LogP contribution < -0.4 is 0 Å². The molecule has 4 aromatic rings. The number of aromatic nitrogens is 4. The number of pyridine rings is 2. The molecule has 5 rings (SSSR count). The van der Waals surface area contributed by atoms with E-state index in [-0.39, 0.29) is 11.8 Å². The summed E-state index contributed by atoms with van der Waals surface area (Å²) in [7, 11) is 1.48. The van der Waals surface area contributed by atoms with E-state index in [2.05, 4.69) is 9.97 Å². The van der Waals surface area contributed by atoms with Gasteiger partial charge in [-0.3, -0.25) is 19.5 Å². The van der Waals surface area contributed by atoms with E-state index < -0.39 is 0 Å². The Morgan fingerprint density at radius 3 is 2.52 bits per heavy atom. The molecule has 0 saturated carbocycles. The van der Waals surface area contributed by atoms with E-state index in [1.165, 1.54) is 18.8 Å². The third-order valence-electron chi connectivity index (χ3n) is 5.42. The van der Waals surface area contributed by atoms with Crippen LogP contribution in [0.25, 0.3) is 28.0 Å². The highest BCUT2D eigenvalue weighted by atomic mass is 16.2. The summed E-state index contributed by atoms with van der Waals surface area (Å²) >= 11 is 0. The quantitative estimate of drug-likeness (QED) is 0.496. The van der Waals surface area contributed by atoms with Gasteiger partial charge in [0.2, 0.25) is 0 Å². The first-order valence-electron chi connectivity index (χ1n) is 9.19. The van der Waals surface area contributed by atoms with E-state index in [0.29, 0.717) is 27.9 Å². The molecule has 2 amide bonds. The number of hydrogen-bond acceptors (Lipinski definition) is 5. The Morgan fingerprint density at radius 2 is 1.79 bits per heavy atom. The van der Waals surface area contributed by atoms with Crippen LogP contribution in [0.4, 0.5) is 0 Å². The predicted octanol–water partition coefficient (Wildman–Crippen LogP) is 3.33. The fraction of sp³-hybridized carbons (Fsp3) is 0.136. The molecule has 0 unspecified atom stereocenters. The van der Waals surface area contributed by atoms with Crippen molar-refractivity contribution in [3.05, 3.63) is 71.2 Å². The summed E-state index contributed by atoms with van der Waals surface area (Å²) in [4.78, 5) is 35.2. The number of rotatable bonds is 2. The molecule has 1 aliphatic rings. The minimum absolute atomic E-state index is 0.301. The Morgan fingerprint density at radius 1 is 0.966 bits per heavy atom. The van der Waals surface area contributed by atoms with E-state index in [4.69, 9.17) is 5.10 Å². The molecule has 0 spiro atoms. The second-order valence-corrected chi connectivity index (χ2v) is 7.19. The normalized spacial score (nSPS) is 13.4. The minimum atomic E-state index is -0.351. The van der Waals surface area contributed by atoms with Gasteiger partial charge in [-0.15, -0.1) is 0 Å². The summed E-state index contributed by atoms with van der Waals surface area (Å²) in [6, 6.07) is 9.71. The maximum Gasteiger partial charge on any atom is 0.262 e. The molecule has 1 aliphatic heterocycles. The van der Waals surface area contributed by atoms with Crippen LogP contribution in [0.15, 0.2) is 48.9 Å². The Kier molecular flexibility index (Phi) is 3.61. The molecular weight excluding hydrogens is 366 g/mol. The van der Waals surface area contributed by atoms with Crippen LogP contribution in [-0.2, 0) is 0 Å². The molecule has 0 atom stereocenters. The fourth-order valence-electron chi connectivity index (χ4n) is 3.65. The summed E-state index contributed by atoms with van der Waals surface area (Å²) in [5, 5.41) is 5.36. The highest BCUT2D eigenvalue weighted by molar-refractivity contribution is 6.27. The van der Waals surface area contributed by atoms with Gasteiger partial charge in [-0.25, -0.2) is 9.67 Å². The first-order valence-corrected chi connectivity index (χ1v) is 9.19. The number of fused-ring (bicyclic) bond motifs is 3. The van der Waals surface area contributed by atoms with Crippen molar-refractivity contribution >= 4 is 22.8 Å². The minimum Gasteiger partial charge on any atom is -0.277 e. The number of imide groups is 1. The highest BCUT2D eigenvalue weighted by Crippen LogP contribution is 2.36. The standard InChI is InChI=1S/C22H17N5O2/c1-12-6-7-15(9-13(12)2)27-20-18(19(25-27)14-5-4-8-23-10-14)17-16(11-24-20)21(28)26(3)22(17)29/h4-11H,1-3H3. The Labute approximate surface area is 166 Å². The molecule has 0 radical (unpaired) electrons. The summed E-state index contributed by atoms with van der Waals surface area (Å²) in [5.41, 5.74) is 5.65. The zero-order valence-electron chi connectivity index (χ0n) is 16.2. The average Bonchev–Trinajstić information content (AvgIpc) is 3.22. The van der Waals surface area contributed by atoms with Crippen LogP contribution in [0, 0.1) is 13.8 Å². The predicted molar refractivity (Wildman–Crippen MR) is 108 cm³/mol. The van der Waals surface area contributed by atoms with E-state index in [1.807, 2.05) is 44.2 Å². The second-order valence-electron chi connectivity index (χ2n) is 7.19. The van der Waals surface area contributed by atoms with E-state index >= 15 is 0 Å². The number of benzene rings is 1. The lowest BCUT2D eigenvalue weighted by molar-refractivity contribution is 0.0693. The molecular formula is C22H17N5O2. The Bertz CT molecular complexity index is 1320.